The summed E-state index contributed by atoms with van der Waals surface area (Å²) in [7, 11) is 0. The molecule has 2 amide bonds. The number of aromatic amines is 1. The van der Waals surface area contributed by atoms with Gasteiger partial charge in [0.25, 0.3) is 11.8 Å². The maximum absolute atomic E-state index is 12.6. The summed E-state index contributed by atoms with van der Waals surface area (Å²) in [5, 5.41) is 6.20. The molecule has 28 heavy (non-hydrogen) atoms. The molecule has 0 bridgehead atoms. The molecule has 0 spiro atoms. The van der Waals surface area contributed by atoms with Crippen molar-refractivity contribution in [3.63, 3.8) is 0 Å². The third-order valence-electron chi connectivity index (χ3n) is 4.02. The van der Waals surface area contributed by atoms with Crippen LogP contribution in [0.5, 0.6) is 0 Å². The van der Waals surface area contributed by atoms with Crippen LogP contribution in [0.25, 0.3) is 11.4 Å². The molecule has 3 N–H and O–H groups in total. The first kappa shape index (κ1) is 17.7. The molecule has 0 aliphatic rings. The summed E-state index contributed by atoms with van der Waals surface area (Å²) in [6.45, 7) is 1.83. The number of nitrogens with one attached hydrogen (secondary N) is 3. The van der Waals surface area contributed by atoms with E-state index in [0.717, 1.165) is 17.0 Å². The van der Waals surface area contributed by atoms with Crippen molar-refractivity contribution in [3.05, 3.63) is 77.3 Å². The fourth-order valence-electron chi connectivity index (χ4n) is 2.67. The Kier molecular flexibility index (Phi) is 4.77. The molecule has 3 heterocycles. The number of imidazole rings is 1. The van der Waals surface area contributed by atoms with Gasteiger partial charge in [-0.25, -0.2) is 4.98 Å². The minimum absolute atomic E-state index is 0.216. The van der Waals surface area contributed by atoms with Crippen LogP contribution in [0.1, 0.15) is 25.8 Å². The minimum Gasteiger partial charge on any atom is -0.459 e. The summed E-state index contributed by atoms with van der Waals surface area (Å²) < 4.78 is 5.07. The lowest BCUT2D eigenvalue weighted by molar-refractivity contribution is 0.0995. The van der Waals surface area contributed by atoms with Gasteiger partial charge in [0, 0.05) is 23.6 Å². The van der Waals surface area contributed by atoms with Crippen LogP contribution in [0.15, 0.2) is 65.5 Å². The minimum atomic E-state index is -0.355. The van der Waals surface area contributed by atoms with E-state index < -0.39 is 0 Å². The molecule has 3 aromatic heterocycles. The number of nitrogens with zero attached hydrogens (tertiary/aromatic N) is 1. The van der Waals surface area contributed by atoms with Crippen molar-refractivity contribution in [2.24, 2.45) is 0 Å². The van der Waals surface area contributed by atoms with Crippen LogP contribution in [-0.4, -0.2) is 21.8 Å². The highest BCUT2D eigenvalue weighted by Crippen LogP contribution is 2.28. The number of carbonyl (C=O) groups excluding carboxylic acids is 2. The molecule has 0 radical (unpaired) electrons. The molecule has 4 aromatic rings. The molecule has 8 heteroatoms. The molecule has 0 fully saturated rings. The van der Waals surface area contributed by atoms with Crippen LogP contribution >= 0.6 is 11.3 Å². The predicted octanol–water partition coefficient (Wildman–Crippen LogP) is 4.54. The zero-order valence-corrected chi connectivity index (χ0v) is 15.7. The number of rotatable bonds is 5. The Hall–Kier alpha value is -3.65. The molecule has 0 atom stereocenters. The Labute approximate surface area is 164 Å². The Morgan fingerprint density at radius 3 is 2.61 bits per heavy atom. The summed E-state index contributed by atoms with van der Waals surface area (Å²) in [6, 6.07) is 12.4. The van der Waals surface area contributed by atoms with Gasteiger partial charge in [-0.15, -0.1) is 11.3 Å². The van der Waals surface area contributed by atoms with E-state index in [2.05, 4.69) is 20.6 Å². The van der Waals surface area contributed by atoms with Gasteiger partial charge in [0.1, 0.15) is 5.82 Å². The van der Waals surface area contributed by atoms with Gasteiger partial charge in [0.15, 0.2) is 5.76 Å². The zero-order valence-electron chi connectivity index (χ0n) is 14.9. The van der Waals surface area contributed by atoms with Crippen molar-refractivity contribution in [1.82, 2.24) is 9.97 Å². The van der Waals surface area contributed by atoms with Crippen LogP contribution in [0, 0.1) is 6.92 Å². The standard InChI is InChI=1S/C20H16N4O3S/c1-12-11-16(24-19(25)15-3-2-10-27-15)28-17(12)20(26)23-14-6-4-13(5-7-14)18-21-8-9-22-18/h2-11H,1H3,(H,21,22)(H,23,26)(H,24,25). The summed E-state index contributed by atoms with van der Waals surface area (Å²) in [5.74, 6) is 0.399. The van der Waals surface area contributed by atoms with Gasteiger partial charge in [0.05, 0.1) is 16.1 Å². The van der Waals surface area contributed by atoms with Crippen LogP contribution in [0.2, 0.25) is 0 Å². The van der Waals surface area contributed by atoms with E-state index in [4.69, 9.17) is 4.42 Å². The largest absolute Gasteiger partial charge is 0.459 e. The third-order valence-corrected chi connectivity index (χ3v) is 5.17. The first-order valence-corrected chi connectivity index (χ1v) is 9.28. The smallest absolute Gasteiger partial charge is 0.291 e. The van der Waals surface area contributed by atoms with Crippen molar-refractivity contribution in [2.75, 3.05) is 10.6 Å². The highest BCUT2D eigenvalue weighted by molar-refractivity contribution is 7.18. The lowest BCUT2D eigenvalue weighted by Crippen LogP contribution is -2.11. The van der Waals surface area contributed by atoms with Crippen molar-refractivity contribution in [3.8, 4) is 11.4 Å². The second kappa shape index (κ2) is 7.53. The van der Waals surface area contributed by atoms with Gasteiger partial charge in [-0.2, -0.15) is 0 Å². The molecule has 140 valence electrons. The summed E-state index contributed by atoms with van der Waals surface area (Å²) >= 11 is 1.21. The number of anilines is 2. The number of thiophene rings is 1. The zero-order chi connectivity index (χ0) is 19.5. The summed E-state index contributed by atoms with van der Waals surface area (Å²) in [4.78, 5) is 32.5. The number of furan rings is 1. The normalized spacial score (nSPS) is 10.6. The number of benzene rings is 1. The highest BCUT2D eigenvalue weighted by Gasteiger charge is 2.17. The highest BCUT2D eigenvalue weighted by atomic mass is 32.1. The molecule has 0 saturated carbocycles. The molecule has 7 nitrogen and oxygen atoms in total. The van der Waals surface area contributed by atoms with Gasteiger partial charge in [-0.1, -0.05) is 0 Å². The van der Waals surface area contributed by atoms with Gasteiger partial charge < -0.3 is 20.0 Å². The topological polar surface area (TPSA) is 100 Å². The molecule has 0 aliphatic carbocycles. The van der Waals surface area contributed by atoms with Crippen LogP contribution in [0.4, 0.5) is 10.7 Å². The van der Waals surface area contributed by atoms with Crippen molar-refractivity contribution in [1.29, 1.82) is 0 Å². The number of hydrogen-bond acceptors (Lipinski definition) is 5. The first-order chi connectivity index (χ1) is 13.6. The fourth-order valence-corrected chi connectivity index (χ4v) is 3.64. The second-order valence-electron chi connectivity index (χ2n) is 6.02. The molecule has 4 rings (SSSR count). The monoisotopic (exact) mass is 392 g/mol. The second-order valence-corrected chi connectivity index (χ2v) is 7.08. The van der Waals surface area contributed by atoms with Gasteiger partial charge in [-0.05, 0) is 55.0 Å². The Morgan fingerprint density at radius 1 is 1.11 bits per heavy atom. The fraction of sp³-hybridized carbons (Fsp3) is 0.0500. The Bertz CT molecular complexity index is 1100. The van der Waals surface area contributed by atoms with Gasteiger partial charge >= 0.3 is 0 Å². The quantitative estimate of drug-likeness (QED) is 0.464. The van der Waals surface area contributed by atoms with Crippen LogP contribution < -0.4 is 10.6 Å². The van der Waals surface area contributed by atoms with E-state index in [0.29, 0.717) is 15.6 Å². The van der Waals surface area contributed by atoms with Crippen molar-refractivity contribution < 1.29 is 14.0 Å². The maximum atomic E-state index is 12.6. The van der Waals surface area contributed by atoms with Crippen molar-refractivity contribution in [2.45, 2.75) is 6.92 Å². The summed E-state index contributed by atoms with van der Waals surface area (Å²) in [6.07, 6.45) is 4.88. The van der Waals surface area contributed by atoms with E-state index in [9.17, 15) is 9.59 Å². The Balaban J connectivity index is 1.45. The molecular weight excluding hydrogens is 376 g/mol. The third kappa shape index (κ3) is 3.72. The number of amides is 2. The van der Waals surface area contributed by atoms with E-state index >= 15 is 0 Å². The van der Waals surface area contributed by atoms with Crippen LogP contribution in [-0.2, 0) is 0 Å². The van der Waals surface area contributed by atoms with E-state index in [1.807, 2.05) is 31.2 Å². The average Bonchev–Trinajstić information content (AvgIpc) is 3.44. The number of H-pyrrole nitrogens is 1. The van der Waals surface area contributed by atoms with Gasteiger partial charge in [0.2, 0.25) is 0 Å². The molecule has 0 aliphatic heterocycles. The van der Waals surface area contributed by atoms with Gasteiger partial charge in [-0.3, -0.25) is 9.59 Å². The lowest BCUT2D eigenvalue weighted by Gasteiger charge is -2.05. The lowest BCUT2D eigenvalue weighted by atomic mass is 10.2. The SMILES string of the molecule is Cc1cc(NC(=O)c2ccco2)sc1C(=O)Nc1ccc(-c2ncc[nH]2)cc1. The maximum Gasteiger partial charge on any atom is 0.291 e. The summed E-state index contributed by atoms with van der Waals surface area (Å²) in [5.41, 5.74) is 2.39. The number of aryl methyl sites for hydroxylation is 1. The van der Waals surface area contributed by atoms with E-state index in [1.165, 1.54) is 17.6 Å². The Morgan fingerprint density at radius 2 is 1.93 bits per heavy atom. The number of aromatic nitrogens is 2. The van der Waals surface area contributed by atoms with Crippen LogP contribution in [0.3, 0.4) is 0 Å². The predicted molar refractivity (Wildman–Crippen MR) is 108 cm³/mol. The van der Waals surface area contributed by atoms with E-state index in [-0.39, 0.29) is 17.6 Å². The molecule has 0 saturated heterocycles. The molecule has 1 aromatic carbocycles. The molecular formula is C20H16N4O3S. The first-order valence-electron chi connectivity index (χ1n) is 8.46. The van der Waals surface area contributed by atoms with Crippen molar-refractivity contribution >= 4 is 33.8 Å². The number of hydrogen-bond donors (Lipinski definition) is 3. The van der Waals surface area contributed by atoms with E-state index in [1.54, 1.807) is 30.6 Å². The molecule has 0 unspecified atom stereocenters. The number of carbonyl (C=O) groups is 2. The average molecular weight is 392 g/mol.